The molecule has 1 aliphatic heterocycles. The molecule has 20 heavy (non-hydrogen) atoms. The van der Waals surface area contributed by atoms with Crippen molar-refractivity contribution in [1.29, 1.82) is 0 Å². The summed E-state index contributed by atoms with van der Waals surface area (Å²) in [6.07, 6.45) is 5.00. The van der Waals surface area contributed by atoms with Gasteiger partial charge in [0.05, 0.1) is 0 Å². The van der Waals surface area contributed by atoms with E-state index < -0.39 is 0 Å². The van der Waals surface area contributed by atoms with Gasteiger partial charge in [0, 0.05) is 25.6 Å². The summed E-state index contributed by atoms with van der Waals surface area (Å²) in [5.41, 5.74) is 5.67. The molecule has 2 rings (SSSR count). The predicted molar refractivity (Wildman–Crippen MR) is 77.4 cm³/mol. The Morgan fingerprint density at radius 3 is 2.65 bits per heavy atom. The summed E-state index contributed by atoms with van der Waals surface area (Å²) >= 11 is 0. The molecule has 1 atom stereocenters. The molecule has 1 aromatic rings. The molecule has 0 bridgehead atoms. The van der Waals surface area contributed by atoms with Crippen LogP contribution < -0.4 is 5.73 Å². The Labute approximate surface area is 121 Å². The fourth-order valence-corrected chi connectivity index (χ4v) is 2.83. The van der Waals surface area contributed by atoms with Gasteiger partial charge >= 0.3 is 0 Å². The van der Waals surface area contributed by atoms with Gasteiger partial charge in [-0.15, -0.1) is 0 Å². The summed E-state index contributed by atoms with van der Waals surface area (Å²) in [5.74, 6) is 3.33. The summed E-state index contributed by atoms with van der Waals surface area (Å²) < 4.78 is 10.8. The normalized spacial score (nSPS) is 18.6. The second kappa shape index (κ2) is 7.74. The Morgan fingerprint density at radius 2 is 2.00 bits per heavy atom. The average molecular weight is 281 g/mol. The maximum absolute atomic E-state index is 5.67. The van der Waals surface area contributed by atoms with E-state index in [0.717, 1.165) is 63.6 Å². The first-order valence-corrected chi connectivity index (χ1v) is 7.81. The summed E-state index contributed by atoms with van der Waals surface area (Å²) in [4.78, 5) is 4.56. The van der Waals surface area contributed by atoms with E-state index in [1.54, 1.807) is 0 Å². The van der Waals surface area contributed by atoms with Crippen molar-refractivity contribution in [2.75, 3.05) is 19.8 Å². The number of nitrogens with two attached hydrogens (primary N) is 1. The van der Waals surface area contributed by atoms with Crippen molar-refractivity contribution in [3.63, 3.8) is 0 Å². The van der Waals surface area contributed by atoms with E-state index in [2.05, 4.69) is 24.0 Å². The van der Waals surface area contributed by atoms with Gasteiger partial charge in [0.2, 0.25) is 5.89 Å². The monoisotopic (exact) mass is 281 g/mol. The minimum absolute atomic E-state index is 0.409. The highest BCUT2D eigenvalue weighted by Crippen LogP contribution is 2.25. The fourth-order valence-electron chi connectivity index (χ4n) is 2.83. The van der Waals surface area contributed by atoms with Crippen LogP contribution in [-0.4, -0.2) is 29.9 Å². The van der Waals surface area contributed by atoms with E-state index in [1.807, 2.05) is 0 Å². The largest absolute Gasteiger partial charge is 0.381 e. The fraction of sp³-hybridized carbons (Fsp3) is 0.867. The minimum Gasteiger partial charge on any atom is -0.381 e. The zero-order valence-corrected chi connectivity index (χ0v) is 12.7. The number of nitrogens with zero attached hydrogens (tertiary/aromatic N) is 2. The molecule has 1 fully saturated rings. The average Bonchev–Trinajstić information content (AvgIpc) is 2.93. The van der Waals surface area contributed by atoms with Crippen LogP contribution in [0, 0.1) is 11.8 Å². The van der Waals surface area contributed by atoms with Gasteiger partial charge in [-0.2, -0.15) is 4.98 Å². The number of rotatable bonds is 7. The van der Waals surface area contributed by atoms with E-state index in [9.17, 15) is 0 Å². The number of hydrogen-bond donors (Lipinski definition) is 1. The molecule has 0 saturated carbocycles. The molecule has 0 amide bonds. The first-order chi connectivity index (χ1) is 9.70. The van der Waals surface area contributed by atoms with E-state index in [4.69, 9.17) is 15.0 Å². The Bertz CT molecular complexity index is 386. The van der Waals surface area contributed by atoms with Gasteiger partial charge in [-0.05, 0) is 44.1 Å². The van der Waals surface area contributed by atoms with Crippen LogP contribution in [0.4, 0.5) is 0 Å². The summed E-state index contributed by atoms with van der Waals surface area (Å²) in [5, 5.41) is 4.14. The summed E-state index contributed by atoms with van der Waals surface area (Å²) in [7, 11) is 0. The van der Waals surface area contributed by atoms with Crippen LogP contribution in [0.1, 0.15) is 57.2 Å². The maximum Gasteiger partial charge on any atom is 0.226 e. The van der Waals surface area contributed by atoms with E-state index in [1.165, 1.54) is 0 Å². The van der Waals surface area contributed by atoms with Crippen molar-refractivity contribution in [3.8, 4) is 0 Å². The lowest BCUT2D eigenvalue weighted by Gasteiger charge is -2.19. The molecule has 0 aromatic carbocycles. The van der Waals surface area contributed by atoms with Crippen LogP contribution >= 0.6 is 0 Å². The van der Waals surface area contributed by atoms with Crippen LogP contribution in [0.2, 0.25) is 0 Å². The van der Waals surface area contributed by atoms with E-state index in [-0.39, 0.29) is 0 Å². The Balaban J connectivity index is 1.85. The van der Waals surface area contributed by atoms with Crippen molar-refractivity contribution in [1.82, 2.24) is 10.1 Å². The second-order valence-corrected chi connectivity index (χ2v) is 6.05. The third-order valence-electron chi connectivity index (χ3n) is 4.28. The van der Waals surface area contributed by atoms with E-state index >= 15 is 0 Å². The molecule has 1 saturated heterocycles. The summed E-state index contributed by atoms with van der Waals surface area (Å²) in [6, 6.07) is 0. The molecule has 1 aromatic heterocycles. The Morgan fingerprint density at radius 1 is 1.25 bits per heavy atom. The lowest BCUT2D eigenvalue weighted by Crippen LogP contribution is -2.16. The molecule has 1 unspecified atom stereocenters. The molecule has 2 N–H and O–H groups in total. The number of aryl methyl sites for hydroxylation is 1. The third kappa shape index (κ3) is 4.28. The molecule has 1 aliphatic rings. The Hall–Kier alpha value is -0.940. The van der Waals surface area contributed by atoms with E-state index in [0.29, 0.717) is 17.8 Å². The van der Waals surface area contributed by atoms with Crippen LogP contribution in [0.25, 0.3) is 0 Å². The number of hydrogen-bond acceptors (Lipinski definition) is 5. The number of aromatic nitrogens is 2. The number of ether oxygens (including phenoxy) is 1. The van der Waals surface area contributed by atoms with Crippen molar-refractivity contribution in [2.24, 2.45) is 17.6 Å². The maximum atomic E-state index is 5.67. The van der Waals surface area contributed by atoms with Gasteiger partial charge in [0.15, 0.2) is 5.82 Å². The van der Waals surface area contributed by atoms with Gasteiger partial charge < -0.3 is 15.0 Å². The highest BCUT2D eigenvalue weighted by molar-refractivity contribution is 4.96. The zero-order valence-electron chi connectivity index (χ0n) is 12.7. The molecule has 5 heteroatoms. The molecular formula is C15H27N3O2. The first-order valence-electron chi connectivity index (χ1n) is 7.81. The van der Waals surface area contributed by atoms with Crippen LogP contribution in [0.5, 0.6) is 0 Å². The minimum atomic E-state index is 0.409. The molecule has 0 aliphatic carbocycles. The lowest BCUT2D eigenvalue weighted by atomic mass is 9.88. The highest BCUT2D eigenvalue weighted by Gasteiger charge is 2.22. The van der Waals surface area contributed by atoms with Crippen molar-refractivity contribution >= 4 is 0 Å². The van der Waals surface area contributed by atoms with Gasteiger partial charge in [0.25, 0.3) is 0 Å². The van der Waals surface area contributed by atoms with Crippen molar-refractivity contribution in [2.45, 2.75) is 51.9 Å². The highest BCUT2D eigenvalue weighted by atomic mass is 16.5. The molecule has 114 valence electrons. The zero-order chi connectivity index (χ0) is 14.4. The van der Waals surface area contributed by atoms with Crippen LogP contribution in [0.3, 0.4) is 0 Å². The standard InChI is InChI=1S/C15H27N3O2/c1-11(2)12(5-8-16)3-4-14-17-15(18-20-14)13-6-9-19-10-7-13/h11-13H,3-10,16H2,1-2H3. The topological polar surface area (TPSA) is 74.2 Å². The molecule has 2 heterocycles. The quantitative estimate of drug-likeness (QED) is 0.831. The smallest absolute Gasteiger partial charge is 0.226 e. The molecule has 0 radical (unpaired) electrons. The molecular weight excluding hydrogens is 254 g/mol. The molecule has 0 spiro atoms. The molecule has 5 nitrogen and oxygen atoms in total. The van der Waals surface area contributed by atoms with Gasteiger partial charge in [-0.1, -0.05) is 19.0 Å². The second-order valence-electron chi connectivity index (χ2n) is 6.05. The van der Waals surface area contributed by atoms with Crippen molar-refractivity contribution < 1.29 is 9.26 Å². The van der Waals surface area contributed by atoms with Crippen LogP contribution in [-0.2, 0) is 11.2 Å². The van der Waals surface area contributed by atoms with Gasteiger partial charge in [0.1, 0.15) is 0 Å². The predicted octanol–water partition coefficient (Wildman–Crippen LogP) is 2.52. The third-order valence-corrected chi connectivity index (χ3v) is 4.28. The summed E-state index contributed by atoms with van der Waals surface area (Å²) in [6.45, 7) is 6.87. The van der Waals surface area contributed by atoms with Crippen molar-refractivity contribution in [3.05, 3.63) is 11.7 Å². The van der Waals surface area contributed by atoms with Crippen LogP contribution in [0.15, 0.2) is 4.52 Å². The first kappa shape index (κ1) is 15.4. The van der Waals surface area contributed by atoms with Gasteiger partial charge in [-0.3, -0.25) is 0 Å². The lowest BCUT2D eigenvalue weighted by molar-refractivity contribution is 0.0830. The SMILES string of the molecule is CC(C)C(CCN)CCc1nc(C2CCOCC2)no1. The Kier molecular flexibility index (Phi) is 5.98. The van der Waals surface area contributed by atoms with Gasteiger partial charge in [-0.25, -0.2) is 0 Å².